The maximum atomic E-state index is 13.1. The highest BCUT2D eigenvalue weighted by molar-refractivity contribution is 9.10. The highest BCUT2D eigenvalue weighted by Crippen LogP contribution is 2.42. The van der Waals surface area contributed by atoms with Gasteiger partial charge in [-0.3, -0.25) is 4.79 Å². The van der Waals surface area contributed by atoms with Gasteiger partial charge in [0.05, 0.1) is 4.90 Å². The first-order valence-corrected chi connectivity index (χ1v) is 10.9. The van der Waals surface area contributed by atoms with Crippen LogP contribution in [0.4, 0.5) is 5.69 Å². The van der Waals surface area contributed by atoms with Gasteiger partial charge in [0, 0.05) is 22.6 Å². The molecule has 0 spiro atoms. The predicted octanol–water partition coefficient (Wildman–Crippen LogP) is 3.76. The third-order valence-corrected chi connectivity index (χ3v) is 7.28. The number of hydrogen-bond acceptors (Lipinski definition) is 3. The molecule has 5 nitrogen and oxygen atoms in total. The number of hydrogen-bond donors (Lipinski definition) is 2. The van der Waals surface area contributed by atoms with Crippen LogP contribution in [-0.2, 0) is 21.2 Å². The quantitative estimate of drug-likeness (QED) is 0.751. The molecule has 0 bridgehead atoms. The summed E-state index contributed by atoms with van der Waals surface area (Å²) in [6.07, 6.45) is 2.97. The van der Waals surface area contributed by atoms with Crippen LogP contribution in [0.5, 0.6) is 0 Å². The summed E-state index contributed by atoms with van der Waals surface area (Å²) in [4.78, 5) is 11.8. The van der Waals surface area contributed by atoms with Crippen LogP contribution in [0.2, 0.25) is 0 Å². The lowest BCUT2D eigenvalue weighted by Crippen LogP contribution is -2.30. The summed E-state index contributed by atoms with van der Waals surface area (Å²) in [5.41, 5.74) is 2.50. The molecule has 2 aromatic rings. The van der Waals surface area contributed by atoms with Crippen LogP contribution in [-0.4, -0.2) is 14.3 Å². The average Bonchev–Trinajstić information content (AvgIpc) is 3.44. The number of sulfonamides is 1. The van der Waals surface area contributed by atoms with Gasteiger partial charge in [-0.25, -0.2) is 13.1 Å². The van der Waals surface area contributed by atoms with E-state index in [-0.39, 0.29) is 16.8 Å². The number of benzene rings is 2. The van der Waals surface area contributed by atoms with Gasteiger partial charge < -0.3 is 5.32 Å². The number of carbonyl (C=O) groups excluding carboxylic acids is 1. The van der Waals surface area contributed by atoms with Crippen LogP contribution in [0.1, 0.15) is 36.4 Å². The molecule has 1 aliphatic carbocycles. The fraction of sp³-hybridized carbons (Fsp3) is 0.316. The Morgan fingerprint density at radius 1 is 1.12 bits per heavy atom. The molecule has 2 N–H and O–H groups in total. The van der Waals surface area contributed by atoms with Crippen LogP contribution < -0.4 is 10.0 Å². The smallest absolute Gasteiger partial charge is 0.242 e. The lowest BCUT2D eigenvalue weighted by molar-refractivity contribution is -0.116. The summed E-state index contributed by atoms with van der Waals surface area (Å²) in [6, 6.07) is 12.8. The Hall–Kier alpha value is -1.70. The molecular weight excluding hydrogens is 416 g/mol. The molecule has 1 heterocycles. The summed E-state index contributed by atoms with van der Waals surface area (Å²) in [6.45, 7) is 0. The van der Waals surface area contributed by atoms with Crippen molar-refractivity contribution in [1.82, 2.24) is 4.72 Å². The fourth-order valence-corrected chi connectivity index (χ4v) is 5.73. The van der Waals surface area contributed by atoms with Crippen molar-refractivity contribution < 1.29 is 13.2 Å². The number of aryl methyl sites for hydroxylation is 1. The van der Waals surface area contributed by atoms with Crippen molar-refractivity contribution in [2.75, 3.05) is 5.32 Å². The maximum Gasteiger partial charge on any atom is 0.242 e. The van der Waals surface area contributed by atoms with Crippen molar-refractivity contribution in [1.29, 1.82) is 0 Å². The lowest BCUT2D eigenvalue weighted by atomic mass is 10.0. The van der Waals surface area contributed by atoms with Gasteiger partial charge in [0.2, 0.25) is 15.9 Å². The van der Waals surface area contributed by atoms with Gasteiger partial charge in [0.25, 0.3) is 0 Å². The van der Waals surface area contributed by atoms with Gasteiger partial charge in [-0.15, -0.1) is 0 Å². The third kappa shape index (κ3) is 3.56. The molecule has 2 aliphatic rings. The highest BCUT2D eigenvalue weighted by Gasteiger charge is 2.36. The molecule has 26 heavy (non-hydrogen) atoms. The Kier molecular flexibility index (Phi) is 4.62. The van der Waals surface area contributed by atoms with Crippen molar-refractivity contribution in [3.05, 3.63) is 58.1 Å². The van der Waals surface area contributed by atoms with Gasteiger partial charge in [-0.05, 0) is 64.4 Å². The molecule has 0 radical (unpaired) electrons. The van der Waals surface area contributed by atoms with Crippen LogP contribution in [0, 0.1) is 5.92 Å². The first kappa shape index (κ1) is 17.7. The lowest BCUT2D eigenvalue weighted by Gasteiger charge is -2.22. The molecule has 4 rings (SSSR count). The topological polar surface area (TPSA) is 75.3 Å². The minimum Gasteiger partial charge on any atom is -0.326 e. The van der Waals surface area contributed by atoms with Crippen LogP contribution in [0.15, 0.2) is 51.8 Å². The van der Waals surface area contributed by atoms with E-state index in [4.69, 9.17) is 0 Å². The summed E-state index contributed by atoms with van der Waals surface area (Å²) in [5, 5.41) is 2.79. The Labute approximate surface area is 161 Å². The zero-order chi connectivity index (χ0) is 18.3. The first-order chi connectivity index (χ1) is 12.4. The second kappa shape index (κ2) is 6.79. The van der Waals surface area contributed by atoms with E-state index in [1.54, 1.807) is 12.1 Å². The average molecular weight is 435 g/mol. The van der Waals surface area contributed by atoms with E-state index in [0.29, 0.717) is 28.9 Å². The van der Waals surface area contributed by atoms with E-state index in [0.717, 1.165) is 24.0 Å². The second-order valence-corrected chi connectivity index (χ2v) is 9.37. The van der Waals surface area contributed by atoms with Crippen LogP contribution >= 0.6 is 15.9 Å². The van der Waals surface area contributed by atoms with E-state index >= 15 is 0 Å². The van der Waals surface area contributed by atoms with Crippen molar-refractivity contribution in [3.63, 3.8) is 0 Å². The van der Waals surface area contributed by atoms with Gasteiger partial charge in [0.1, 0.15) is 0 Å². The number of anilines is 1. The van der Waals surface area contributed by atoms with Crippen molar-refractivity contribution in [2.24, 2.45) is 5.92 Å². The molecule has 1 aliphatic heterocycles. The van der Waals surface area contributed by atoms with Crippen molar-refractivity contribution in [2.45, 2.75) is 36.6 Å². The number of amides is 1. The number of nitrogens with one attached hydrogen (secondary N) is 2. The molecule has 1 amide bonds. The van der Waals surface area contributed by atoms with E-state index in [1.165, 1.54) is 0 Å². The summed E-state index contributed by atoms with van der Waals surface area (Å²) < 4.78 is 29.5. The monoisotopic (exact) mass is 434 g/mol. The Morgan fingerprint density at radius 2 is 1.85 bits per heavy atom. The third-order valence-electron chi connectivity index (χ3n) is 4.88. The van der Waals surface area contributed by atoms with E-state index < -0.39 is 10.0 Å². The minimum atomic E-state index is -3.70. The molecule has 1 atom stereocenters. The van der Waals surface area contributed by atoms with E-state index in [9.17, 15) is 13.2 Å². The first-order valence-electron chi connectivity index (χ1n) is 8.63. The molecule has 1 saturated carbocycles. The Morgan fingerprint density at radius 3 is 2.54 bits per heavy atom. The molecule has 1 fully saturated rings. The summed E-state index contributed by atoms with van der Waals surface area (Å²) >= 11 is 3.36. The van der Waals surface area contributed by atoms with E-state index in [2.05, 4.69) is 26.0 Å². The fourth-order valence-electron chi connectivity index (χ4n) is 3.34. The largest absolute Gasteiger partial charge is 0.326 e. The molecule has 2 aromatic carbocycles. The summed E-state index contributed by atoms with van der Waals surface area (Å²) in [5.74, 6) is 0.291. The van der Waals surface area contributed by atoms with Gasteiger partial charge in [-0.2, -0.15) is 0 Å². The molecule has 0 saturated heterocycles. The molecule has 136 valence electrons. The standard InChI is InChI=1S/C19H19BrN2O3S/c20-15-11-16-14(8-9-18(23)21-16)10-17(15)26(24,25)22-19(13-6-7-13)12-4-2-1-3-5-12/h1-5,10-11,13,19,22H,6-9H2,(H,21,23)/t19-/m0/s1. The Balaban J connectivity index is 1.67. The van der Waals surface area contributed by atoms with E-state index in [1.807, 2.05) is 30.3 Å². The second-order valence-electron chi connectivity index (χ2n) is 6.84. The summed E-state index contributed by atoms with van der Waals surface area (Å²) in [7, 11) is -3.70. The van der Waals surface area contributed by atoms with Crippen molar-refractivity contribution in [3.8, 4) is 0 Å². The van der Waals surface area contributed by atoms with Gasteiger partial charge >= 0.3 is 0 Å². The number of rotatable bonds is 5. The highest BCUT2D eigenvalue weighted by atomic mass is 79.9. The van der Waals surface area contributed by atoms with Crippen LogP contribution in [0.25, 0.3) is 0 Å². The van der Waals surface area contributed by atoms with Crippen LogP contribution in [0.3, 0.4) is 0 Å². The normalized spacial score (nSPS) is 18.1. The van der Waals surface area contributed by atoms with Crippen molar-refractivity contribution >= 4 is 37.5 Å². The zero-order valence-electron chi connectivity index (χ0n) is 14.0. The molecule has 0 aromatic heterocycles. The minimum absolute atomic E-state index is 0.0454. The molecule has 7 heteroatoms. The van der Waals surface area contributed by atoms with Gasteiger partial charge in [-0.1, -0.05) is 30.3 Å². The Bertz CT molecular complexity index is 956. The van der Waals surface area contributed by atoms with Gasteiger partial charge in [0.15, 0.2) is 0 Å². The molecular formula is C19H19BrN2O3S. The predicted molar refractivity (Wildman–Crippen MR) is 103 cm³/mol. The SMILES string of the molecule is O=C1CCc2cc(S(=O)(=O)N[C@@H](c3ccccc3)C3CC3)c(Br)cc2N1. The maximum absolute atomic E-state index is 13.1. The molecule has 0 unspecified atom stereocenters. The number of carbonyl (C=O) groups is 1. The number of fused-ring (bicyclic) bond motifs is 1. The zero-order valence-corrected chi connectivity index (χ0v) is 16.4. The number of halogens is 1.